The van der Waals surface area contributed by atoms with Crippen molar-refractivity contribution >= 4 is 28.4 Å². The van der Waals surface area contributed by atoms with Crippen LogP contribution in [-0.2, 0) is 20.8 Å². The summed E-state index contributed by atoms with van der Waals surface area (Å²) < 4.78 is 14.7. The second-order valence-corrected chi connectivity index (χ2v) is 7.53. The standard InChI is InChI=1S/C23H21FN2O3/c1-13-7-8-17(18(24)11-13)21-20(14(2)27)22(28)23(29)26(21)10-9-15-12-25-19-6-4-3-5-16(15)19/h3-8,11-12,20-21,25H,9-10H2,1-2H3. The van der Waals surface area contributed by atoms with Crippen LogP contribution in [0.25, 0.3) is 10.9 Å². The number of Topliss-reactive ketones (excluding diaryl/α,β-unsaturated/α-hetero) is 2. The van der Waals surface area contributed by atoms with Crippen molar-refractivity contribution in [3.05, 3.63) is 71.2 Å². The fraction of sp³-hybridized carbons (Fsp3) is 0.261. The fourth-order valence-corrected chi connectivity index (χ4v) is 4.17. The van der Waals surface area contributed by atoms with Crippen LogP contribution in [0.3, 0.4) is 0 Å². The van der Waals surface area contributed by atoms with Crippen molar-refractivity contribution in [3.8, 4) is 0 Å². The minimum atomic E-state index is -1.18. The zero-order valence-corrected chi connectivity index (χ0v) is 16.2. The lowest BCUT2D eigenvalue weighted by molar-refractivity contribution is -0.142. The molecule has 29 heavy (non-hydrogen) atoms. The summed E-state index contributed by atoms with van der Waals surface area (Å²) in [7, 11) is 0. The zero-order chi connectivity index (χ0) is 20.7. The van der Waals surface area contributed by atoms with Crippen molar-refractivity contribution in [2.45, 2.75) is 26.3 Å². The van der Waals surface area contributed by atoms with E-state index < -0.39 is 35.3 Å². The molecule has 1 amide bonds. The predicted molar refractivity (Wildman–Crippen MR) is 107 cm³/mol. The van der Waals surface area contributed by atoms with Gasteiger partial charge in [0.1, 0.15) is 17.5 Å². The zero-order valence-electron chi connectivity index (χ0n) is 16.2. The van der Waals surface area contributed by atoms with E-state index >= 15 is 0 Å². The van der Waals surface area contributed by atoms with Crippen LogP contribution in [0, 0.1) is 18.7 Å². The Kier molecular flexibility index (Phi) is 4.78. The number of ketones is 2. The van der Waals surface area contributed by atoms with Crippen LogP contribution in [0.1, 0.15) is 29.7 Å². The number of benzene rings is 2. The molecule has 1 N–H and O–H groups in total. The van der Waals surface area contributed by atoms with Gasteiger partial charge in [-0.05, 0) is 43.5 Å². The van der Waals surface area contributed by atoms with Gasteiger partial charge in [-0.15, -0.1) is 0 Å². The van der Waals surface area contributed by atoms with Gasteiger partial charge in [-0.1, -0.05) is 30.3 Å². The van der Waals surface area contributed by atoms with Crippen molar-refractivity contribution in [2.24, 2.45) is 5.92 Å². The fourth-order valence-electron chi connectivity index (χ4n) is 4.17. The average Bonchev–Trinajstić information content (AvgIpc) is 3.20. The van der Waals surface area contributed by atoms with Gasteiger partial charge in [0.2, 0.25) is 5.78 Å². The quantitative estimate of drug-likeness (QED) is 0.534. The maximum Gasteiger partial charge on any atom is 0.291 e. The van der Waals surface area contributed by atoms with Gasteiger partial charge in [0.15, 0.2) is 0 Å². The minimum Gasteiger partial charge on any atom is -0.361 e. The molecule has 2 unspecified atom stereocenters. The van der Waals surface area contributed by atoms with Crippen molar-refractivity contribution in [1.82, 2.24) is 9.88 Å². The maximum absolute atomic E-state index is 14.7. The summed E-state index contributed by atoms with van der Waals surface area (Å²) in [6.07, 6.45) is 2.36. The Labute approximate surface area is 167 Å². The Hall–Kier alpha value is -3.28. The van der Waals surface area contributed by atoms with Gasteiger partial charge in [-0.2, -0.15) is 0 Å². The number of fused-ring (bicyclic) bond motifs is 1. The summed E-state index contributed by atoms with van der Waals surface area (Å²) in [5, 5.41) is 1.03. The molecule has 1 fully saturated rings. The van der Waals surface area contributed by atoms with Gasteiger partial charge in [0.05, 0.1) is 6.04 Å². The Morgan fingerprint density at radius 2 is 1.93 bits per heavy atom. The number of hydrogen-bond donors (Lipinski definition) is 1. The van der Waals surface area contributed by atoms with Gasteiger partial charge in [-0.25, -0.2) is 4.39 Å². The summed E-state index contributed by atoms with van der Waals surface area (Å²) in [4.78, 5) is 42.0. The molecular weight excluding hydrogens is 371 g/mol. The second kappa shape index (κ2) is 7.28. The molecule has 6 heteroatoms. The van der Waals surface area contributed by atoms with Gasteiger partial charge < -0.3 is 9.88 Å². The van der Waals surface area contributed by atoms with Crippen molar-refractivity contribution in [1.29, 1.82) is 0 Å². The van der Waals surface area contributed by atoms with E-state index in [1.54, 1.807) is 19.1 Å². The number of para-hydroxylation sites is 1. The second-order valence-electron chi connectivity index (χ2n) is 7.53. The molecule has 1 aromatic heterocycles. The largest absolute Gasteiger partial charge is 0.361 e. The summed E-state index contributed by atoms with van der Waals surface area (Å²) in [6.45, 7) is 3.25. The number of amides is 1. The number of aromatic amines is 1. The third kappa shape index (κ3) is 3.24. The molecule has 1 saturated heterocycles. The molecule has 5 nitrogen and oxygen atoms in total. The smallest absolute Gasteiger partial charge is 0.291 e. The van der Waals surface area contributed by atoms with Crippen LogP contribution >= 0.6 is 0 Å². The SMILES string of the molecule is CC(=O)C1C(=O)C(=O)N(CCc2c[nH]c3ccccc23)C1c1ccc(C)cc1F. The van der Waals surface area contributed by atoms with E-state index in [9.17, 15) is 18.8 Å². The van der Waals surface area contributed by atoms with Crippen molar-refractivity contribution in [3.63, 3.8) is 0 Å². The number of aromatic nitrogens is 1. The molecule has 0 aliphatic carbocycles. The van der Waals surface area contributed by atoms with E-state index in [-0.39, 0.29) is 12.1 Å². The molecule has 2 aromatic carbocycles. The van der Waals surface area contributed by atoms with Crippen LogP contribution in [0.15, 0.2) is 48.7 Å². The van der Waals surface area contributed by atoms with Crippen molar-refractivity contribution < 1.29 is 18.8 Å². The molecule has 0 bridgehead atoms. The lowest BCUT2D eigenvalue weighted by atomic mass is 9.89. The summed E-state index contributed by atoms with van der Waals surface area (Å²) >= 11 is 0. The Balaban J connectivity index is 1.70. The first kappa shape index (κ1) is 19.1. The number of carbonyl (C=O) groups excluding carboxylic acids is 3. The predicted octanol–water partition coefficient (Wildman–Crippen LogP) is 3.52. The van der Waals surface area contributed by atoms with Gasteiger partial charge in [0, 0.05) is 29.2 Å². The molecule has 0 spiro atoms. The van der Waals surface area contributed by atoms with E-state index in [2.05, 4.69) is 4.98 Å². The maximum atomic E-state index is 14.7. The lowest BCUT2D eigenvalue weighted by Crippen LogP contribution is -2.32. The van der Waals surface area contributed by atoms with Gasteiger partial charge >= 0.3 is 0 Å². The normalized spacial score (nSPS) is 19.3. The lowest BCUT2D eigenvalue weighted by Gasteiger charge is -2.27. The number of nitrogens with one attached hydrogen (secondary N) is 1. The summed E-state index contributed by atoms with van der Waals surface area (Å²) in [5.41, 5.74) is 2.91. The Morgan fingerprint density at radius 3 is 2.66 bits per heavy atom. The van der Waals surface area contributed by atoms with Crippen LogP contribution in [0.2, 0.25) is 0 Å². The third-order valence-electron chi connectivity index (χ3n) is 5.62. The number of aryl methyl sites for hydroxylation is 1. The first-order valence-corrected chi connectivity index (χ1v) is 9.55. The van der Waals surface area contributed by atoms with E-state index in [1.165, 1.54) is 17.9 Å². The van der Waals surface area contributed by atoms with Crippen LogP contribution in [-0.4, -0.2) is 33.9 Å². The number of likely N-dealkylation sites (tertiary alicyclic amines) is 1. The molecule has 4 rings (SSSR count). The van der Waals surface area contributed by atoms with Crippen LogP contribution in [0.4, 0.5) is 4.39 Å². The number of H-pyrrole nitrogens is 1. The molecule has 1 aliphatic rings. The van der Waals surface area contributed by atoms with Gasteiger partial charge in [-0.3, -0.25) is 14.4 Å². The van der Waals surface area contributed by atoms with Crippen LogP contribution in [0.5, 0.6) is 0 Å². The summed E-state index contributed by atoms with van der Waals surface area (Å²) in [5.74, 6) is -3.61. The molecule has 0 radical (unpaired) electrons. The monoisotopic (exact) mass is 392 g/mol. The molecule has 2 atom stereocenters. The van der Waals surface area contributed by atoms with E-state index in [4.69, 9.17) is 0 Å². The highest BCUT2D eigenvalue weighted by Gasteiger charge is 2.50. The first-order chi connectivity index (χ1) is 13.9. The molecule has 3 aromatic rings. The molecular formula is C23H21FN2O3. The molecule has 148 valence electrons. The highest BCUT2D eigenvalue weighted by Crippen LogP contribution is 2.38. The van der Waals surface area contributed by atoms with Crippen molar-refractivity contribution in [2.75, 3.05) is 6.54 Å². The highest BCUT2D eigenvalue weighted by molar-refractivity contribution is 6.42. The average molecular weight is 392 g/mol. The first-order valence-electron chi connectivity index (χ1n) is 9.55. The van der Waals surface area contributed by atoms with E-state index in [1.807, 2.05) is 30.5 Å². The topological polar surface area (TPSA) is 70.2 Å². The summed E-state index contributed by atoms with van der Waals surface area (Å²) in [6, 6.07) is 11.5. The Bertz CT molecular complexity index is 1130. The highest BCUT2D eigenvalue weighted by atomic mass is 19.1. The van der Waals surface area contributed by atoms with Crippen LogP contribution < -0.4 is 0 Å². The molecule has 1 aliphatic heterocycles. The van der Waals surface area contributed by atoms with E-state index in [0.29, 0.717) is 6.42 Å². The number of hydrogen-bond acceptors (Lipinski definition) is 3. The minimum absolute atomic E-state index is 0.203. The molecule has 0 saturated carbocycles. The Morgan fingerprint density at radius 1 is 1.17 bits per heavy atom. The number of rotatable bonds is 5. The van der Waals surface area contributed by atoms with E-state index in [0.717, 1.165) is 22.0 Å². The van der Waals surface area contributed by atoms with Gasteiger partial charge in [0.25, 0.3) is 5.91 Å². The molecule has 2 heterocycles. The number of carbonyl (C=O) groups is 3. The third-order valence-corrected chi connectivity index (χ3v) is 5.62. The number of halogens is 1. The number of nitrogens with zero attached hydrogens (tertiary/aromatic N) is 1.